The molecule has 0 bridgehead atoms. The molecule has 0 unspecified atom stereocenters. The van der Waals surface area contributed by atoms with E-state index in [1.165, 1.54) is 0 Å². The minimum Gasteiger partial charge on any atom is -0.496 e. The van der Waals surface area contributed by atoms with Gasteiger partial charge in [0.1, 0.15) is 5.75 Å². The van der Waals surface area contributed by atoms with Gasteiger partial charge in [0.25, 0.3) is 5.89 Å². The van der Waals surface area contributed by atoms with Crippen LogP contribution in [0.25, 0.3) is 11.5 Å². The normalized spacial score (nSPS) is 10.3. The Morgan fingerprint density at radius 1 is 1.39 bits per heavy atom. The summed E-state index contributed by atoms with van der Waals surface area (Å²) in [5.41, 5.74) is 0.689. The van der Waals surface area contributed by atoms with Crippen molar-refractivity contribution in [1.82, 2.24) is 10.2 Å². The molecule has 0 atom stereocenters. The van der Waals surface area contributed by atoms with Crippen LogP contribution in [0.3, 0.4) is 0 Å². The van der Waals surface area contributed by atoms with Gasteiger partial charge in [-0.15, -0.1) is 10.2 Å². The number of ether oxygens (including phenoxy) is 1. The molecule has 0 amide bonds. The lowest BCUT2D eigenvalue weighted by atomic mass is 10.2. The standard InChI is InChI=1S/C12H12N2O4/c1-17-9-5-3-2-4-8(9)12-14-13-10(18-12)6-7-11(15)16/h2-5H,6-7H2,1H3,(H,15,16). The summed E-state index contributed by atoms with van der Waals surface area (Å²) in [6.07, 6.45) is 0.186. The summed E-state index contributed by atoms with van der Waals surface area (Å²) in [5.74, 6) is 0.365. The SMILES string of the molecule is COc1ccccc1-c1nnc(CCC(=O)O)o1. The number of carboxylic acids is 1. The van der Waals surface area contributed by atoms with Crippen LogP contribution in [0.2, 0.25) is 0 Å². The molecule has 1 aromatic carbocycles. The van der Waals surface area contributed by atoms with Crippen LogP contribution in [0.15, 0.2) is 28.7 Å². The molecule has 1 heterocycles. The molecule has 6 heteroatoms. The molecule has 2 rings (SSSR count). The van der Waals surface area contributed by atoms with Crippen LogP contribution in [-0.2, 0) is 11.2 Å². The monoisotopic (exact) mass is 248 g/mol. The number of carboxylic acid groups (broad SMARTS) is 1. The number of hydrogen-bond donors (Lipinski definition) is 1. The lowest BCUT2D eigenvalue weighted by Gasteiger charge is -2.03. The van der Waals surface area contributed by atoms with E-state index in [1.54, 1.807) is 19.2 Å². The average molecular weight is 248 g/mol. The minimum atomic E-state index is -0.896. The van der Waals surface area contributed by atoms with Gasteiger partial charge < -0.3 is 14.3 Å². The topological polar surface area (TPSA) is 85.5 Å². The number of benzene rings is 1. The Morgan fingerprint density at radius 2 is 2.17 bits per heavy atom. The van der Waals surface area contributed by atoms with Gasteiger partial charge in [-0.05, 0) is 12.1 Å². The summed E-state index contributed by atoms with van der Waals surface area (Å²) in [7, 11) is 1.56. The second kappa shape index (κ2) is 5.31. The number of rotatable bonds is 5. The molecule has 0 aliphatic heterocycles. The molecule has 0 fully saturated rings. The van der Waals surface area contributed by atoms with E-state index in [0.29, 0.717) is 23.1 Å². The third-order valence-electron chi connectivity index (χ3n) is 2.36. The molecule has 18 heavy (non-hydrogen) atoms. The number of aromatic nitrogens is 2. The Hall–Kier alpha value is -2.37. The fourth-order valence-electron chi connectivity index (χ4n) is 1.50. The van der Waals surface area contributed by atoms with E-state index < -0.39 is 5.97 Å². The van der Waals surface area contributed by atoms with E-state index in [4.69, 9.17) is 14.3 Å². The number of para-hydroxylation sites is 1. The Bertz CT molecular complexity index is 551. The molecule has 2 aromatic rings. The van der Waals surface area contributed by atoms with Crippen molar-refractivity contribution in [2.45, 2.75) is 12.8 Å². The summed E-state index contributed by atoms with van der Waals surface area (Å²) >= 11 is 0. The second-order valence-electron chi connectivity index (χ2n) is 3.59. The first kappa shape index (κ1) is 12.1. The van der Waals surface area contributed by atoms with Crippen LogP contribution >= 0.6 is 0 Å². The number of aliphatic carboxylic acids is 1. The highest BCUT2D eigenvalue weighted by atomic mass is 16.5. The van der Waals surface area contributed by atoms with Crippen molar-refractivity contribution in [1.29, 1.82) is 0 Å². The van der Waals surface area contributed by atoms with Crippen LogP contribution in [0, 0.1) is 0 Å². The van der Waals surface area contributed by atoms with E-state index in [9.17, 15) is 4.79 Å². The zero-order chi connectivity index (χ0) is 13.0. The largest absolute Gasteiger partial charge is 0.496 e. The van der Waals surface area contributed by atoms with E-state index in [-0.39, 0.29) is 12.8 Å². The predicted molar refractivity (Wildman–Crippen MR) is 62.2 cm³/mol. The van der Waals surface area contributed by atoms with Crippen molar-refractivity contribution < 1.29 is 19.1 Å². The number of hydrogen-bond acceptors (Lipinski definition) is 5. The highest BCUT2D eigenvalue weighted by Crippen LogP contribution is 2.28. The number of carbonyl (C=O) groups is 1. The Kier molecular flexibility index (Phi) is 3.57. The van der Waals surface area contributed by atoms with Gasteiger partial charge in [-0.25, -0.2) is 0 Å². The molecule has 0 saturated carbocycles. The van der Waals surface area contributed by atoms with E-state index in [0.717, 1.165) is 0 Å². The Balaban J connectivity index is 2.21. The third-order valence-corrected chi connectivity index (χ3v) is 2.36. The molecule has 1 aromatic heterocycles. The van der Waals surface area contributed by atoms with Gasteiger partial charge in [0.15, 0.2) is 0 Å². The molecular weight excluding hydrogens is 236 g/mol. The first-order chi connectivity index (χ1) is 8.70. The van der Waals surface area contributed by atoms with Crippen molar-refractivity contribution in [2.75, 3.05) is 7.11 Å². The zero-order valence-corrected chi connectivity index (χ0v) is 9.79. The molecular formula is C12H12N2O4. The average Bonchev–Trinajstić information content (AvgIpc) is 2.85. The molecule has 1 N–H and O–H groups in total. The molecule has 94 valence electrons. The first-order valence-electron chi connectivity index (χ1n) is 5.38. The van der Waals surface area contributed by atoms with Gasteiger partial charge in [-0.3, -0.25) is 4.79 Å². The Morgan fingerprint density at radius 3 is 2.89 bits per heavy atom. The number of methoxy groups -OCH3 is 1. The summed E-state index contributed by atoms with van der Waals surface area (Å²) in [6.45, 7) is 0. The molecule has 6 nitrogen and oxygen atoms in total. The van der Waals surface area contributed by atoms with Gasteiger partial charge in [0.05, 0.1) is 19.1 Å². The zero-order valence-electron chi connectivity index (χ0n) is 9.79. The van der Waals surface area contributed by atoms with Crippen molar-refractivity contribution in [2.24, 2.45) is 0 Å². The second-order valence-corrected chi connectivity index (χ2v) is 3.59. The first-order valence-corrected chi connectivity index (χ1v) is 5.38. The van der Waals surface area contributed by atoms with E-state index in [1.807, 2.05) is 12.1 Å². The van der Waals surface area contributed by atoms with Gasteiger partial charge >= 0.3 is 5.97 Å². The third kappa shape index (κ3) is 2.65. The van der Waals surface area contributed by atoms with Crippen LogP contribution < -0.4 is 4.74 Å². The molecule has 0 radical (unpaired) electrons. The van der Waals surface area contributed by atoms with Crippen LogP contribution in [0.5, 0.6) is 5.75 Å². The predicted octanol–water partition coefficient (Wildman–Crippen LogP) is 1.76. The van der Waals surface area contributed by atoms with Crippen LogP contribution in [-0.4, -0.2) is 28.4 Å². The lowest BCUT2D eigenvalue weighted by molar-refractivity contribution is -0.137. The van der Waals surface area contributed by atoms with Gasteiger partial charge in [0.2, 0.25) is 5.89 Å². The van der Waals surface area contributed by atoms with Gasteiger partial charge in [-0.2, -0.15) is 0 Å². The quantitative estimate of drug-likeness (QED) is 0.867. The maximum atomic E-state index is 10.4. The van der Waals surface area contributed by atoms with Crippen LogP contribution in [0.1, 0.15) is 12.3 Å². The van der Waals surface area contributed by atoms with Crippen molar-refractivity contribution >= 4 is 5.97 Å². The molecule has 0 saturated heterocycles. The van der Waals surface area contributed by atoms with Gasteiger partial charge in [-0.1, -0.05) is 12.1 Å². The highest BCUT2D eigenvalue weighted by molar-refractivity contribution is 5.67. The van der Waals surface area contributed by atoms with Crippen molar-refractivity contribution in [3.05, 3.63) is 30.2 Å². The fraction of sp³-hybridized carbons (Fsp3) is 0.250. The highest BCUT2D eigenvalue weighted by Gasteiger charge is 2.13. The van der Waals surface area contributed by atoms with E-state index in [2.05, 4.69) is 10.2 Å². The van der Waals surface area contributed by atoms with Crippen LogP contribution in [0.4, 0.5) is 0 Å². The summed E-state index contributed by atoms with van der Waals surface area (Å²) in [6, 6.07) is 7.26. The molecule has 0 aliphatic carbocycles. The lowest BCUT2D eigenvalue weighted by Crippen LogP contribution is -1.97. The summed E-state index contributed by atoms with van der Waals surface area (Å²) < 4.78 is 10.6. The number of aryl methyl sites for hydroxylation is 1. The smallest absolute Gasteiger partial charge is 0.303 e. The minimum absolute atomic E-state index is 0.0342. The fourth-order valence-corrected chi connectivity index (χ4v) is 1.50. The molecule has 0 spiro atoms. The maximum absolute atomic E-state index is 10.4. The molecule has 0 aliphatic rings. The summed E-state index contributed by atoms with van der Waals surface area (Å²) in [5, 5.41) is 16.3. The van der Waals surface area contributed by atoms with E-state index >= 15 is 0 Å². The van der Waals surface area contributed by atoms with Crippen molar-refractivity contribution in [3.63, 3.8) is 0 Å². The Labute approximate surface area is 103 Å². The number of nitrogens with zero attached hydrogens (tertiary/aromatic N) is 2. The van der Waals surface area contributed by atoms with Crippen molar-refractivity contribution in [3.8, 4) is 17.2 Å². The maximum Gasteiger partial charge on any atom is 0.303 e. The van der Waals surface area contributed by atoms with Gasteiger partial charge in [0, 0.05) is 6.42 Å². The summed E-state index contributed by atoms with van der Waals surface area (Å²) in [4.78, 5) is 10.4.